The minimum absolute atomic E-state index is 0.556. The molecule has 0 saturated carbocycles. The molecule has 2 aliphatic rings. The maximum Gasteiger partial charge on any atom is 0.243 e. The zero-order valence-electron chi connectivity index (χ0n) is 5.95. The van der Waals surface area contributed by atoms with Crippen molar-refractivity contribution in [3.63, 3.8) is 0 Å². The van der Waals surface area contributed by atoms with E-state index >= 15 is 0 Å². The second-order valence-electron chi connectivity index (χ2n) is 2.20. The number of aliphatic hydroxyl groups is 1. The summed E-state index contributed by atoms with van der Waals surface area (Å²) in [5.74, 6) is -0.690. The monoisotopic (exact) mass is 151 g/mol. The fourth-order valence-electron chi connectivity index (χ4n) is 0.663. The molecule has 0 aromatic heterocycles. The van der Waals surface area contributed by atoms with Crippen LogP contribution in [0.25, 0.3) is 0 Å². The Hall–Kier alpha value is -1.35. The lowest BCUT2D eigenvalue weighted by Crippen LogP contribution is -2.14. The van der Waals surface area contributed by atoms with E-state index in [9.17, 15) is 4.79 Å². The number of hydrogen-bond donors (Lipinski definition) is 2. The molecule has 0 unspecified atom stereocenters. The summed E-state index contributed by atoms with van der Waals surface area (Å²) in [4.78, 5) is 9.34. The van der Waals surface area contributed by atoms with E-state index in [1.54, 1.807) is 0 Å². The highest BCUT2D eigenvalue weighted by Gasteiger charge is 1.88. The molecule has 3 N–H and O–H groups in total. The van der Waals surface area contributed by atoms with Gasteiger partial charge in [0.15, 0.2) is 0 Å². The normalized spacial score (nSPS) is 9.55. The van der Waals surface area contributed by atoms with E-state index in [4.69, 9.17) is 5.11 Å². The third-order valence-electron chi connectivity index (χ3n) is 1.37. The Morgan fingerprint density at radius 3 is 1.55 bits per heavy atom. The van der Waals surface area contributed by atoms with Gasteiger partial charge in [-0.1, -0.05) is 24.3 Å². The van der Waals surface area contributed by atoms with Crippen molar-refractivity contribution in [1.29, 1.82) is 0 Å². The van der Waals surface area contributed by atoms with E-state index in [0.717, 1.165) is 0 Å². The van der Waals surface area contributed by atoms with Crippen LogP contribution < -0.4 is 5.73 Å². The van der Waals surface area contributed by atoms with E-state index in [1.807, 2.05) is 0 Å². The van der Waals surface area contributed by atoms with Gasteiger partial charge < -0.3 is 10.8 Å². The maximum absolute atomic E-state index is 9.34. The first-order chi connectivity index (χ1) is 5.24. The molecule has 3 nitrogen and oxygen atoms in total. The number of carbonyl (C=O) groups is 1. The van der Waals surface area contributed by atoms with Gasteiger partial charge in [-0.25, -0.2) is 0 Å². The lowest BCUT2D eigenvalue weighted by molar-refractivity contribution is -0.120. The van der Waals surface area contributed by atoms with Crippen molar-refractivity contribution >= 4 is 5.91 Å². The van der Waals surface area contributed by atoms with Crippen LogP contribution in [0.5, 0.6) is 0 Å². The van der Waals surface area contributed by atoms with Crippen LogP contribution in [0, 0.1) is 10.4 Å². The van der Waals surface area contributed by atoms with Crippen molar-refractivity contribution < 1.29 is 9.90 Å². The molecule has 2 rings (SSSR count). The number of primary amides is 1. The number of benzene rings is 1. The highest BCUT2D eigenvalue weighted by molar-refractivity contribution is 5.74. The minimum atomic E-state index is -0.690. The van der Waals surface area contributed by atoms with Gasteiger partial charge in [-0.05, 0) is 10.4 Å². The van der Waals surface area contributed by atoms with E-state index in [2.05, 4.69) is 30.0 Å². The zero-order chi connectivity index (χ0) is 8.27. The third kappa shape index (κ3) is 1.78. The molecule has 0 fully saturated rings. The van der Waals surface area contributed by atoms with Gasteiger partial charge in [-0.3, -0.25) is 4.79 Å². The van der Waals surface area contributed by atoms with Gasteiger partial charge >= 0.3 is 0 Å². The van der Waals surface area contributed by atoms with Crippen LogP contribution in [0.2, 0.25) is 0 Å². The average molecular weight is 151 g/mol. The predicted octanol–water partition coefficient (Wildman–Crippen LogP) is -0.249. The lowest BCUT2D eigenvalue weighted by atomic mass is 10.1. The molecule has 1 amide bonds. The Morgan fingerprint density at radius 2 is 1.55 bits per heavy atom. The van der Waals surface area contributed by atoms with Gasteiger partial charge in [0.2, 0.25) is 5.91 Å². The molecule has 0 aromatic rings. The Morgan fingerprint density at radius 1 is 1.27 bits per heavy atom. The molecule has 3 heteroatoms. The van der Waals surface area contributed by atoms with E-state index in [0.29, 0.717) is 0 Å². The van der Waals surface area contributed by atoms with Gasteiger partial charge in [0, 0.05) is 0 Å². The zero-order valence-corrected chi connectivity index (χ0v) is 5.95. The molecule has 0 saturated heterocycles. The molecule has 0 radical (unpaired) electrons. The molecule has 58 valence electrons. The van der Waals surface area contributed by atoms with Gasteiger partial charge in [0.1, 0.15) is 6.61 Å². The first-order valence-corrected chi connectivity index (χ1v) is 3.23. The van der Waals surface area contributed by atoms with Gasteiger partial charge in [0.25, 0.3) is 0 Å². The highest BCUT2D eigenvalue weighted by Crippen LogP contribution is 2.04. The van der Waals surface area contributed by atoms with Crippen molar-refractivity contribution in [2.45, 2.75) is 0 Å². The highest BCUT2D eigenvalue weighted by atomic mass is 16.3. The number of hydrogen-bond acceptors (Lipinski definition) is 2. The molecule has 11 heavy (non-hydrogen) atoms. The molecule has 2 aliphatic carbocycles. The third-order valence-corrected chi connectivity index (χ3v) is 1.37. The number of aliphatic hydroxyl groups excluding tert-OH is 1. The maximum atomic E-state index is 9.34. The SMILES string of the molecule is NC(=O)CO.c1cc2ccc1=2. The number of nitrogens with two attached hydrogens (primary N) is 1. The predicted molar refractivity (Wildman–Crippen MR) is 40.4 cm³/mol. The summed E-state index contributed by atoms with van der Waals surface area (Å²) < 4.78 is 0. The first-order valence-electron chi connectivity index (χ1n) is 3.23. The van der Waals surface area contributed by atoms with Crippen LogP contribution in [-0.2, 0) is 4.79 Å². The van der Waals surface area contributed by atoms with Gasteiger partial charge in [-0.15, -0.1) is 0 Å². The van der Waals surface area contributed by atoms with Gasteiger partial charge in [-0.2, -0.15) is 0 Å². The Balaban J connectivity index is 0.000000114. The van der Waals surface area contributed by atoms with Crippen molar-refractivity contribution in [3.8, 4) is 0 Å². The summed E-state index contributed by atoms with van der Waals surface area (Å²) in [6.45, 7) is -0.556. The number of carbonyl (C=O) groups excluding carboxylic acids is 1. The molecule has 0 bridgehead atoms. The standard InChI is InChI=1S/C6H4.C2H5NO2/c1-2-6-4-3-5(1)6;3-2(5)1-4/h1-4H;4H,1H2,(H2,3,5). The quantitative estimate of drug-likeness (QED) is 0.590. The summed E-state index contributed by atoms with van der Waals surface area (Å²) in [6, 6.07) is 8.48. The number of amides is 1. The Kier molecular flexibility index (Phi) is 2.23. The Labute approximate surface area is 63.8 Å². The second-order valence-corrected chi connectivity index (χ2v) is 2.20. The first kappa shape index (κ1) is 7.75. The summed E-state index contributed by atoms with van der Waals surface area (Å²) in [5, 5.41) is 10.5. The van der Waals surface area contributed by atoms with Crippen LogP contribution >= 0.6 is 0 Å². The fourth-order valence-corrected chi connectivity index (χ4v) is 0.663. The molecule has 0 atom stereocenters. The van der Waals surface area contributed by atoms with Crippen LogP contribution in [0.1, 0.15) is 0 Å². The molecule has 0 aromatic carbocycles. The second kappa shape index (κ2) is 3.16. The van der Waals surface area contributed by atoms with Crippen molar-refractivity contribution in [3.05, 3.63) is 34.7 Å². The van der Waals surface area contributed by atoms with Crippen molar-refractivity contribution in [2.75, 3.05) is 6.61 Å². The van der Waals surface area contributed by atoms with Crippen LogP contribution in [0.15, 0.2) is 24.3 Å². The van der Waals surface area contributed by atoms with Crippen LogP contribution in [0.3, 0.4) is 0 Å². The smallest absolute Gasteiger partial charge is 0.243 e. The molecule has 0 heterocycles. The van der Waals surface area contributed by atoms with Crippen molar-refractivity contribution in [2.24, 2.45) is 5.73 Å². The molecular weight excluding hydrogens is 142 g/mol. The fraction of sp³-hybridized carbons (Fsp3) is 0.125. The summed E-state index contributed by atoms with van der Waals surface area (Å²) >= 11 is 0. The van der Waals surface area contributed by atoms with Gasteiger partial charge in [0.05, 0.1) is 0 Å². The molecular formula is C8H9NO2. The molecule has 0 aliphatic heterocycles. The topological polar surface area (TPSA) is 63.3 Å². The average Bonchev–Trinajstić information content (AvgIpc) is 1.98. The summed E-state index contributed by atoms with van der Waals surface area (Å²) in [7, 11) is 0. The van der Waals surface area contributed by atoms with Crippen molar-refractivity contribution in [1.82, 2.24) is 0 Å². The lowest BCUT2D eigenvalue weighted by Gasteiger charge is -1.95. The van der Waals surface area contributed by atoms with E-state index in [1.165, 1.54) is 10.4 Å². The number of rotatable bonds is 1. The largest absolute Gasteiger partial charge is 0.387 e. The van der Waals surface area contributed by atoms with E-state index < -0.39 is 12.5 Å². The van der Waals surface area contributed by atoms with Crippen LogP contribution in [-0.4, -0.2) is 17.6 Å². The molecule has 0 spiro atoms. The summed E-state index contributed by atoms with van der Waals surface area (Å²) in [6.07, 6.45) is 0. The summed E-state index contributed by atoms with van der Waals surface area (Å²) in [5.41, 5.74) is 4.40. The van der Waals surface area contributed by atoms with E-state index in [-0.39, 0.29) is 0 Å². The Bertz CT molecular complexity index is 295. The minimum Gasteiger partial charge on any atom is -0.387 e. The van der Waals surface area contributed by atoms with Crippen LogP contribution in [0.4, 0.5) is 0 Å².